The predicted molar refractivity (Wildman–Crippen MR) is 99.4 cm³/mol. The summed E-state index contributed by atoms with van der Waals surface area (Å²) in [6.45, 7) is 1.54. The van der Waals surface area contributed by atoms with Crippen LogP contribution in [-0.2, 0) is 17.8 Å². The second-order valence-corrected chi connectivity index (χ2v) is 6.11. The fourth-order valence-corrected chi connectivity index (χ4v) is 2.36. The molecule has 0 radical (unpaired) electrons. The van der Waals surface area contributed by atoms with E-state index in [9.17, 15) is 9.59 Å². The van der Waals surface area contributed by atoms with Crippen molar-refractivity contribution in [2.24, 2.45) is 5.73 Å². The van der Waals surface area contributed by atoms with Gasteiger partial charge < -0.3 is 16.4 Å². The molecule has 0 aliphatic rings. The van der Waals surface area contributed by atoms with Crippen LogP contribution in [0.2, 0.25) is 5.02 Å². The molecular weight excluding hydrogens is 338 g/mol. The molecule has 25 heavy (non-hydrogen) atoms. The molecule has 0 heterocycles. The molecule has 6 heteroatoms. The van der Waals surface area contributed by atoms with E-state index >= 15 is 0 Å². The van der Waals surface area contributed by atoms with Gasteiger partial charge in [-0.05, 0) is 48.4 Å². The molecule has 0 fully saturated rings. The van der Waals surface area contributed by atoms with Crippen molar-refractivity contribution in [2.75, 3.05) is 13.1 Å². The molecule has 2 amide bonds. The van der Waals surface area contributed by atoms with Crippen LogP contribution in [-0.4, -0.2) is 24.9 Å². The first-order valence-corrected chi connectivity index (χ1v) is 8.54. The molecule has 0 saturated carbocycles. The van der Waals surface area contributed by atoms with Crippen LogP contribution in [0, 0.1) is 0 Å². The summed E-state index contributed by atoms with van der Waals surface area (Å²) >= 11 is 5.83. The second-order valence-electron chi connectivity index (χ2n) is 5.68. The van der Waals surface area contributed by atoms with E-state index in [1.165, 1.54) is 0 Å². The first kappa shape index (κ1) is 19.0. The Labute approximate surface area is 152 Å². The summed E-state index contributed by atoms with van der Waals surface area (Å²) in [6, 6.07) is 14.4. The number of rotatable bonds is 8. The second kappa shape index (κ2) is 9.81. The van der Waals surface area contributed by atoms with E-state index in [0.29, 0.717) is 36.6 Å². The number of amides is 2. The third kappa shape index (κ3) is 6.57. The average molecular weight is 360 g/mol. The average Bonchev–Trinajstić information content (AvgIpc) is 2.62. The lowest BCUT2D eigenvalue weighted by Crippen LogP contribution is -2.26. The predicted octanol–water partition coefficient (Wildman–Crippen LogP) is 2.28. The summed E-state index contributed by atoms with van der Waals surface area (Å²) in [6.07, 6.45) is 1.06. The minimum absolute atomic E-state index is 0.0640. The van der Waals surface area contributed by atoms with Gasteiger partial charge in [-0.25, -0.2) is 0 Å². The number of carbonyl (C=O) groups is 2. The first-order valence-electron chi connectivity index (χ1n) is 8.17. The summed E-state index contributed by atoms with van der Waals surface area (Å²) in [5.74, 6) is -0.183. The van der Waals surface area contributed by atoms with Crippen molar-refractivity contribution < 1.29 is 9.59 Å². The highest BCUT2D eigenvalue weighted by atomic mass is 35.5. The number of hydrogen-bond acceptors (Lipinski definition) is 3. The van der Waals surface area contributed by atoms with Gasteiger partial charge in [0.25, 0.3) is 5.91 Å². The molecule has 5 nitrogen and oxygen atoms in total. The van der Waals surface area contributed by atoms with Gasteiger partial charge in [0.15, 0.2) is 0 Å². The molecule has 0 atom stereocenters. The molecular formula is C19H22ClN3O2. The van der Waals surface area contributed by atoms with Gasteiger partial charge in [0, 0.05) is 23.7 Å². The number of benzene rings is 2. The SMILES string of the molecule is NCCCNC(=O)c1ccc(CNC(=O)Cc2ccc(Cl)cc2)cc1. The number of nitrogens with two attached hydrogens (primary N) is 1. The lowest BCUT2D eigenvalue weighted by molar-refractivity contribution is -0.120. The van der Waals surface area contributed by atoms with Gasteiger partial charge in [0.1, 0.15) is 0 Å². The van der Waals surface area contributed by atoms with Gasteiger partial charge in [0.05, 0.1) is 6.42 Å². The zero-order chi connectivity index (χ0) is 18.1. The van der Waals surface area contributed by atoms with E-state index in [1.54, 1.807) is 24.3 Å². The van der Waals surface area contributed by atoms with Gasteiger partial charge in [-0.1, -0.05) is 35.9 Å². The van der Waals surface area contributed by atoms with Crippen molar-refractivity contribution in [2.45, 2.75) is 19.4 Å². The fourth-order valence-electron chi connectivity index (χ4n) is 2.23. The molecule has 0 bridgehead atoms. The summed E-state index contributed by atoms with van der Waals surface area (Å²) in [4.78, 5) is 23.9. The highest BCUT2D eigenvalue weighted by molar-refractivity contribution is 6.30. The third-order valence-electron chi connectivity index (χ3n) is 3.65. The summed E-state index contributed by atoms with van der Waals surface area (Å²) in [5, 5.41) is 6.32. The highest BCUT2D eigenvalue weighted by Gasteiger charge is 2.06. The molecule has 0 saturated heterocycles. The van der Waals surface area contributed by atoms with Crippen LogP contribution in [0.15, 0.2) is 48.5 Å². The Hall–Kier alpha value is -2.37. The number of hydrogen-bond donors (Lipinski definition) is 3. The molecule has 0 aliphatic carbocycles. The van der Waals surface area contributed by atoms with E-state index in [4.69, 9.17) is 17.3 Å². The fraction of sp³-hybridized carbons (Fsp3) is 0.263. The topological polar surface area (TPSA) is 84.2 Å². The number of halogens is 1. The standard InChI is InChI=1S/C19H22ClN3O2/c20-17-8-4-14(5-9-17)12-18(24)23-13-15-2-6-16(7-3-15)19(25)22-11-1-10-21/h2-9H,1,10-13,21H2,(H,22,25)(H,23,24). The zero-order valence-electron chi connectivity index (χ0n) is 13.9. The molecule has 4 N–H and O–H groups in total. The largest absolute Gasteiger partial charge is 0.352 e. The van der Waals surface area contributed by atoms with Gasteiger partial charge in [-0.15, -0.1) is 0 Å². The smallest absolute Gasteiger partial charge is 0.251 e. The maximum Gasteiger partial charge on any atom is 0.251 e. The number of nitrogens with one attached hydrogen (secondary N) is 2. The van der Waals surface area contributed by atoms with Crippen molar-refractivity contribution in [3.63, 3.8) is 0 Å². The summed E-state index contributed by atoms with van der Waals surface area (Å²) < 4.78 is 0. The van der Waals surface area contributed by atoms with Crippen molar-refractivity contribution in [3.05, 3.63) is 70.2 Å². The zero-order valence-corrected chi connectivity index (χ0v) is 14.7. The normalized spacial score (nSPS) is 10.3. The quantitative estimate of drug-likeness (QED) is 0.632. The van der Waals surface area contributed by atoms with Gasteiger partial charge in [-0.3, -0.25) is 9.59 Å². The van der Waals surface area contributed by atoms with Crippen LogP contribution < -0.4 is 16.4 Å². The monoisotopic (exact) mass is 359 g/mol. The Kier molecular flexibility index (Phi) is 7.44. The Morgan fingerprint density at radius 2 is 1.56 bits per heavy atom. The van der Waals surface area contributed by atoms with Crippen LogP contribution in [0.25, 0.3) is 0 Å². The van der Waals surface area contributed by atoms with Crippen LogP contribution in [0.4, 0.5) is 0 Å². The van der Waals surface area contributed by atoms with E-state index < -0.39 is 0 Å². The lowest BCUT2D eigenvalue weighted by atomic mass is 10.1. The van der Waals surface area contributed by atoms with Gasteiger partial charge >= 0.3 is 0 Å². The van der Waals surface area contributed by atoms with Crippen molar-refractivity contribution in [1.82, 2.24) is 10.6 Å². The van der Waals surface area contributed by atoms with Crippen LogP contribution in [0.3, 0.4) is 0 Å². The van der Waals surface area contributed by atoms with Crippen LogP contribution in [0.1, 0.15) is 27.9 Å². The molecule has 0 aromatic heterocycles. The molecule has 0 aliphatic heterocycles. The van der Waals surface area contributed by atoms with Crippen LogP contribution in [0.5, 0.6) is 0 Å². The molecule has 2 aromatic carbocycles. The highest BCUT2D eigenvalue weighted by Crippen LogP contribution is 2.10. The lowest BCUT2D eigenvalue weighted by Gasteiger charge is -2.07. The van der Waals surface area contributed by atoms with Crippen LogP contribution >= 0.6 is 11.6 Å². The molecule has 0 spiro atoms. The molecule has 2 rings (SSSR count). The third-order valence-corrected chi connectivity index (χ3v) is 3.90. The van der Waals surface area contributed by atoms with Crippen molar-refractivity contribution >= 4 is 23.4 Å². The van der Waals surface area contributed by atoms with Gasteiger partial charge in [0.2, 0.25) is 5.91 Å². The Morgan fingerprint density at radius 1 is 0.920 bits per heavy atom. The Morgan fingerprint density at radius 3 is 2.20 bits per heavy atom. The van der Waals surface area contributed by atoms with Crippen molar-refractivity contribution in [1.29, 1.82) is 0 Å². The maximum absolute atomic E-state index is 12.0. The Bertz CT molecular complexity index is 700. The van der Waals surface area contributed by atoms with Gasteiger partial charge in [-0.2, -0.15) is 0 Å². The Balaban J connectivity index is 1.79. The number of carbonyl (C=O) groups excluding carboxylic acids is 2. The first-order chi connectivity index (χ1) is 12.1. The minimum atomic E-state index is -0.119. The summed E-state index contributed by atoms with van der Waals surface area (Å²) in [7, 11) is 0. The molecule has 132 valence electrons. The van der Waals surface area contributed by atoms with E-state index in [0.717, 1.165) is 17.5 Å². The van der Waals surface area contributed by atoms with E-state index in [1.807, 2.05) is 24.3 Å². The van der Waals surface area contributed by atoms with E-state index in [2.05, 4.69) is 10.6 Å². The summed E-state index contributed by atoms with van der Waals surface area (Å²) in [5.41, 5.74) is 7.83. The molecule has 0 unspecified atom stereocenters. The molecule has 2 aromatic rings. The minimum Gasteiger partial charge on any atom is -0.352 e. The van der Waals surface area contributed by atoms with Crippen molar-refractivity contribution in [3.8, 4) is 0 Å². The van der Waals surface area contributed by atoms with E-state index in [-0.39, 0.29) is 11.8 Å². The maximum atomic E-state index is 12.0.